The first-order chi connectivity index (χ1) is 11.6. The highest BCUT2D eigenvalue weighted by Crippen LogP contribution is 2.37. The van der Waals surface area contributed by atoms with Crippen molar-refractivity contribution in [2.45, 2.75) is 13.0 Å². The minimum Gasteiger partial charge on any atom is -0.461 e. The summed E-state index contributed by atoms with van der Waals surface area (Å²) in [5.74, 6) is -0.00133. The molecular formula is C17H18N2O5. The lowest BCUT2D eigenvalue weighted by Gasteiger charge is -2.33. The molecule has 1 aromatic carbocycles. The highest BCUT2D eigenvalue weighted by Gasteiger charge is 2.39. The van der Waals surface area contributed by atoms with E-state index in [-0.39, 0.29) is 13.4 Å². The Morgan fingerprint density at radius 1 is 1.42 bits per heavy atom. The van der Waals surface area contributed by atoms with E-state index in [0.717, 1.165) is 0 Å². The molecule has 0 aromatic heterocycles. The second-order valence-electron chi connectivity index (χ2n) is 5.39. The van der Waals surface area contributed by atoms with E-state index in [2.05, 4.69) is 17.2 Å². The van der Waals surface area contributed by atoms with Gasteiger partial charge < -0.3 is 24.8 Å². The largest absolute Gasteiger partial charge is 0.461 e. The minimum atomic E-state index is -0.742. The van der Waals surface area contributed by atoms with E-state index in [1.165, 1.54) is 0 Å². The zero-order chi connectivity index (χ0) is 17.1. The van der Waals surface area contributed by atoms with Crippen molar-refractivity contribution in [3.05, 3.63) is 48.2 Å². The first kappa shape index (κ1) is 15.9. The molecular weight excluding hydrogens is 312 g/mol. The van der Waals surface area contributed by atoms with Crippen LogP contribution in [0.1, 0.15) is 18.5 Å². The molecule has 3 rings (SSSR count). The van der Waals surface area contributed by atoms with E-state index in [4.69, 9.17) is 14.2 Å². The van der Waals surface area contributed by atoms with Gasteiger partial charge in [0.25, 0.3) is 0 Å². The Balaban J connectivity index is 1.87. The molecule has 1 aromatic rings. The van der Waals surface area contributed by atoms with Gasteiger partial charge in [0, 0.05) is 5.70 Å². The van der Waals surface area contributed by atoms with Gasteiger partial charge in [0.1, 0.15) is 12.5 Å². The number of benzene rings is 1. The lowest BCUT2D eigenvalue weighted by Crippen LogP contribution is -2.51. The summed E-state index contributed by atoms with van der Waals surface area (Å²) in [6, 6.07) is 4.26. The van der Waals surface area contributed by atoms with Crippen molar-refractivity contribution < 1.29 is 23.8 Å². The molecule has 2 aliphatic heterocycles. The SMILES string of the molecule is C=C1NC(=O)N[C@@H](c2ccc3c(c2)OCO3)[C@@H]1C(=O)OC/C=C/C. The maximum Gasteiger partial charge on any atom is 0.319 e. The van der Waals surface area contributed by atoms with Gasteiger partial charge in [-0.05, 0) is 24.6 Å². The van der Waals surface area contributed by atoms with Crippen LogP contribution in [0.3, 0.4) is 0 Å². The Morgan fingerprint density at radius 2 is 2.21 bits per heavy atom. The molecule has 2 amide bonds. The van der Waals surface area contributed by atoms with E-state index in [1.54, 1.807) is 30.4 Å². The van der Waals surface area contributed by atoms with Crippen LogP contribution in [0.5, 0.6) is 11.5 Å². The zero-order valence-corrected chi connectivity index (χ0v) is 13.2. The molecule has 7 nitrogen and oxygen atoms in total. The van der Waals surface area contributed by atoms with Crippen molar-refractivity contribution in [2.24, 2.45) is 5.92 Å². The maximum atomic E-state index is 12.4. The van der Waals surface area contributed by atoms with Gasteiger partial charge in [0.15, 0.2) is 11.5 Å². The molecule has 0 bridgehead atoms. The maximum absolute atomic E-state index is 12.4. The molecule has 1 fully saturated rings. The first-order valence-corrected chi connectivity index (χ1v) is 7.54. The summed E-state index contributed by atoms with van der Waals surface area (Å²) in [5, 5.41) is 5.28. The average Bonchev–Trinajstić information content (AvgIpc) is 3.01. The van der Waals surface area contributed by atoms with Crippen molar-refractivity contribution in [1.82, 2.24) is 10.6 Å². The summed E-state index contributed by atoms with van der Waals surface area (Å²) < 4.78 is 15.9. The van der Waals surface area contributed by atoms with Gasteiger partial charge in [-0.3, -0.25) is 4.79 Å². The van der Waals surface area contributed by atoms with Crippen LogP contribution in [0.15, 0.2) is 42.6 Å². The highest BCUT2D eigenvalue weighted by molar-refractivity contribution is 5.85. The number of urea groups is 1. The number of allylic oxidation sites excluding steroid dienone is 1. The van der Waals surface area contributed by atoms with Crippen LogP contribution in [0.4, 0.5) is 4.79 Å². The molecule has 2 aliphatic rings. The van der Waals surface area contributed by atoms with Crippen molar-refractivity contribution in [3.63, 3.8) is 0 Å². The molecule has 0 saturated carbocycles. The third-order valence-electron chi connectivity index (χ3n) is 3.84. The Kier molecular flexibility index (Phi) is 4.41. The number of amides is 2. The van der Waals surface area contributed by atoms with E-state index < -0.39 is 24.0 Å². The smallest absolute Gasteiger partial charge is 0.319 e. The molecule has 24 heavy (non-hydrogen) atoms. The van der Waals surface area contributed by atoms with Gasteiger partial charge in [-0.2, -0.15) is 0 Å². The van der Waals surface area contributed by atoms with Crippen LogP contribution in [0.2, 0.25) is 0 Å². The molecule has 1 saturated heterocycles. The second kappa shape index (κ2) is 6.66. The Labute approximate surface area is 139 Å². The fourth-order valence-corrected chi connectivity index (χ4v) is 2.66. The molecule has 0 aliphatic carbocycles. The van der Waals surface area contributed by atoms with Gasteiger partial charge in [-0.25, -0.2) is 4.79 Å². The van der Waals surface area contributed by atoms with Crippen LogP contribution >= 0.6 is 0 Å². The minimum absolute atomic E-state index is 0.152. The van der Waals surface area contributed by atoms with E-state index in [1.807, 2.05) is 6.92 Å². The summed E-state index contributed by atoms with van der Waals surface area (Å²) in [6.45, 7) is 5.95. The Hall–Kier alpha value is -2.96. The summed E-state index contributed by atoms with van der Waals surface area (Å²) in [7, 11) is 0. The topological polar surface area (TPSA) is 85.9 Å². The number of hydrogen-bond acceptors (Lipinski definition) is 5. The molecule has 0 radical (unpaired) electrons. The number of nitrogens with one attached hydrogen (secondary N) is 2. The molecule has 126 valence electrons. The number of carbonyl (C=O) groups excluding carboxylic acids is 2. The molecule has 2 heterocycles. The fourth-order valence-electron chi connectivity index (χ4n) is 2.66. The van der Waals surface area contributed by atoms with E-state index in [0.29, 0.717) is 22.8 Å². The Bertz CT molecular complexity index is 713. The number of hydrogen-bond donors (Lipinski definition) is 2. The monoisotopic (exact) mass is 330 g/mol. The predicted molar refractivity (Wildman–Crippen MR) is 85.4 cm³/mol. The molecule has 0 unspecified atom stereocenters. The summed E-state index contributed by atoms with van der Waals surface area (Å²) in [5.41, 5.74) is 1.01. The quantitative estimate of drug-likeness (QED) is 0.651. The third-order valence-corrected chi connectivity index (χ3v) is 3.84. The van der Waals surface area contributed by atoms with Crippen molar-refractivity contribution >= 4 is 12.0 Å². The summed E-state index contributed by atoms with van der Waals surface area (Å²) in [4.78, 5) is 24.3. The summed E-state index contributed by atoms with van der Waals surface area (Å²) in [6.07, 6.45) is 3.52. The van der Waals surface area contributed by atoms with Crippen molar-refractivity contribution in [3.8, 4) is 11.5 Å². The van der Waals surface area contributed by atoms with Gasteiger partial charge in [-0.1, -0.05) is 24.8 Å². The normalized spacial score (nSPS) is 22.2. The number of carbonyl (C=O) groups is 2. The lowest BCUT2D eigenvalue weighted by atomic mass is 9.89. The summed E-state index contributed by atoms with van der Waals surface area (Å²) >= 11 is 0. The zero-order valence-electron chi connectivity index (χ0n) is 13.2. The van der Waals surface area contributed by atoms with Crippen molar-refractivity contribution in [1.29, 1.82) is 0 Å². The number of fused-ring (bicyclic) bond motifs is 1. The fraction of sp³-hybridized carbons (Fsp3) is 0.294. The third kappa shape index (κ3) is 3.05. The van der Waals surface area contributed by atoms with Crippen LogP contribution in [-0.2, 0) is 9.53 Å². The average molecular weight is 330 g/mol. The predicted octanol–water partition coefficient (Wildman–Crippen LogP) is 2.02. The highest BCUT2D eigenvalue weighted by atomic mass is 16.7. The Morgan fingerprint density at radius 3 is 3.00 bits per heavy atom. The first-order valence-electron chi connectivity index (χ1n) is 7.54. The van der Waals surface area contributed by atoms with Gasteiger partial charge in [-0.15, -0.1) is 0 Å². The van der Waals surface area contributed by atoms with Gasteiger partial charge >= 0.3 is 12.0 Å². The molecule has 0 spiro atoms. The number of rotatable bonds is 4. The standard InChI is InChI=1S/C17H18N2O5/c1-3-4-7-22-16(20)14-10(2)18-17(21)19-15(14)11-5-6-12-13(8-11)24-9-23-12/h3-6,8,14-15H,2,7,9H2,1H3,(H2,18,19,21)/b4-3+/t14-,15+/m1/s1. The molecule has 2 N–H and O–H groups in total. The van der Waals surface area contributed by atoms with E-state index in [9.17, 15) is 9.59 Å². The lowest BCUT2D eigenvalue weighted by molar-refractivity contribution is -0.147. The molecule has 2 atom stereocenters. The molecule has 7 heteroatoms. The van der Waals surface area contributed by atoms with Crippen LogP contribution < -0.4 is 20.1 Å². The second-order valence-corrected chi connectivity index (χ2v) is 5.39. The van der Waals surface area contributed by atoms with E-state index >= 15 is 0 Å². The number of ether oxygens (including phenoxy) is 3. The van der Waals surface area contributed by atoms with Crippen LogP contribution in [0.25, 0.3) is 0 Å². The van der Waals surface area contributed by atoms with Gasteiger partial charge in [0.05, 0.1) is 6.04 Å². The number of esters is 1. The van der Waals surface area contributed by atoms with Gasteiger partial charge in [0.2, 0.25) is 6.79 Å². The van der Waals surface area contributed by atoms with Crippen LogP contribution in [-0.4, -0.2) is 25.4 Å². The van der Waals surface area contributed by atoms with Crippen LogP contribution in [0, 0.1) is 5.92 Å². The van der Waals surface area contributed by atoms with Crippen molar-refractivity contribution in [2.75, 3.05) is 13.4 Å².